The predicted molar refractivity (Wildman–Crippen MR) is 66.8 cm³/mol. The highest BCUT2D eigenvalue weighted by atomic mass is 16.6. The molecule has 0 aliphatic carbocycles. The topological polar surface area (TPSA) is 58.6 Å². The normalized spacial score (nSPS) is 12.8. The van der Waals surface area contributed by atoms with Crippen LogP contribution in [0.4, 0.5) is 4.79 Å². The van der Waals surface area contributed by atoms with Crippen molar-refractivity contribution in [1.82, 2.24) is 10.2 Å². The van der Waals surface area contributed by atoms with E-state index in [1.807, 2.05) is 13.8 Å². The molecule has 0 heterocycles. The molecule has 1 N–H and O–H groups in total. The summed E-state index contributed by atoms with van der Waals surface area (Å²) in [5, 5.41) is 2.62. The molecular formula is C12H24N2O3. The molecular weight excluding hydrogens is 220 g/mol. The van der Waals surface area contributed by atoms with Gasteiger partial charge < -0.3 is 15.0 Å². The molecule has 100 valence electrons. The maximum atomic E-state index is 11.7. The number of amides is 2. The van der Waals surface area contributed by atoms with Crippen molar-refractivity contribution in [2.45, 2.75) is 53.2 Å². The Morgan fingerprint density at radius 3 is 2.06 bits per heavy atom. The van der Waals surface area contributed by atoms with Crippen LogP contribution in [0, 0.1) is 0 Å². The first kappa shape index (κ1) is 15.7. The first-order valence-electron chi connectivity index (χ1n) is 5.99. The molecule has 0 aromatic carbocycles. The van der Waals surface area contributed by atoms with Crippen LogP contribution < -0.4 is 5.32 Å². The van der Waals surface area contributed by atoms with Gasteiger partial charge in [0.05, 0.1) is 0 Å². The van der Waals surface area contributed by atoms with Gasteiger partial charge in [0.2, 0.25) is 0 Å². The summed E-state index contributed by atoms with van der Waals surface area (Å²) in [5.41, 5.74) is -0.536. The van der Waals surface area contributed by atoms with Gasteiger partial charge in [0.1, 0.15) is 11.6 Å². The number of hydrogen-bond donors (Lipinski definition) is 1. The van der Waals surface area contributed by atoms with E-state index in [1.54, 1.807) is 32.6 Å². The molecule has 2 amide bonds. The third kappa shape index (κ3) is 6.14. The van der Waals surface area contributed by atoms with Gasteiger partial charge in [-0.15, -0.1) is 0 Å². The summed E-state index contributed by atoms with van der Waals surface area (Å²) in [6, 6.07) is -0.879. The van der Waals surface area contributed by atoms with Crippen LogP contribution >= 0.6 is 0 Å². The fourth-order valence-electron chi connectivity index (χ4n) is 1.24. The molecule has 0 bridgehead atoms. The molecule has 1 atom stereocenters. The minimum absolute atomic E-state index is 0.242. The molecule has 0 saturated carbocycles. The summed E-state index contributed by atoms with van der Waals surface area (Å²) in [6.07, 6.45) is 0. The Bertz CT molecular complexity index is 267. The van der Waals surface area contributed by atoms with Crippen LogP contribution in [0.1, 0.15) is 41.5 Å². The first-order valence-corrected chi connectivity index (χ1v) is 5.99. The zero-order valence-electron chi connectivity index (χ0n) is 11.7. The summed E-state index contributed by atoms with van der Waals surface area (Å²) in [4.78, 5) is 24.9. The molecule has 17 heavy (non-hydrogen) atoms. The number of nitrogens with one attached hydrogen (secondary N) is 1. The van der Waals surface area contributed by atoms with E-state index in [-0.39, 0.29) is 6.03 Å². The van der Waals surface area contributed by atoms with Gasteiger partial charge in [-0.3, -0.25) is 0 Å². The van der Waals surface area contributed by atoms with Gasteiger partial charge in [-0.2, -0.15) is 0 Å². The van der Waals surface area contributed by atoms with Gasteiger partial charge >= 0.3 is 12.0 Å². The molecule has 0 aliphatic heterocycles. The lowest BCUT2D eigenvalue weighted by Crippen LogP contribution is -2.48. The van der Waals surface area contributed by atoms with Gasteiger partial charge in [-0.25, -0.2) is 9.59 Å². The van der Waals surface area contributed by atoms with E-state index in [4.69, 9.17) is 4.74 Å². The second-order valence-corrected chi connectivity index (χ2v) is 4.88. The summed E-state index contributed by atoms with van der Waals surface area (Å²) < 4.78 is 5.18. The second kappa shape index (κ2) is 6.47. The molecule has 0 aromatic heterocycles. The van der Waals surface area contributed by atoms with Crippen molar-refractivity contribution in [1.29, 1.82) is 0 Å². The summed E-state index contributed by atoms with van der Waals surface area (Å²) >= 11 is 0. The molecule has 0 fully saturated rings. The average Bonchev–Trinajstić information content (AvgIpc) is 2.16. The van der Waals surface area contributed by atoms with E-state index in [0.29, 0.717) is 13.1 Å². The number of ether oxygens (including phenoxy) is 1. The molecule has 0 radical (unpaired) electrons. The number of urea groups is 1. The van der Waals surface area contributed by atoms with E-state index in [1.165, 1.54) is 0 Å². The number of nitrogens with zero attached hydrogens (tertiary/aromatic N) is 1. The third-order valence-corrected chi connectivity index (χ3v) is 2.15. The van der Waals surface area contributed by atoms with Crippen molar-refractivity contribution in [3.63, 3.8) is 0 Å². The van der Waals surface area contributed by atoms with Crippen LogP contribution in [0.15, 0.2) is 0 Å². The standard InChI is InChI=1S/C12H24N2O3/c1-7-14(8-2)11(16)13-9(3)10(15)17-12(4,5)6/h9H,7-8H2,1-6H3,(H,13,16)/t9-/m1/s1. The van der Waals surface area contributed by atoms with Gasteiger partial charge in [-0.05, 0) is 41.5 Å². The Balaban J connectivity index is 4.30. The van der Waals surface area contributed by atoms with Crippen LogP contribution in [-0.2, 0) is 9.53 Å². The smallest absolute Gasteiger partial charge is 0.328 e. The van der Waals surface area contributed by atoms with E-state index < -0.39 is 17.6 Å². The molecule has 5 nitrogen and oxygen atoms in total. The second-order valence-electron chi connectivity index (χ2n) is 4.88. The third-order valence-electron chi connectivity index (χ3n) is 2.15. The number of carbonyl (C=O) groups excluding carboxylic acids is 2. The number of carbonyl (C=O) groups is 2. The lowest BCUT2D eigenvalue weighted by molar-refractivity contribution is -0.156. The zero-order chi connectivity index (χ0) is 13.6. The Kier molecular flexibility index (Phi) is 5.99. The molecule has 0 saturated heterocycles. The minimum Gasteiger partial charge on any atom is -0.458 e. The first-order chi connectivity index (χ1) is 7.71. The zero-order valence-corrected chi connectivity index (χ0v) is 11.7. The van der Waals surface area contributed by atoms with Crippen LogP contribution in [0.2, 0.25) is 0 Å². The lowest BCUT2D eigenvalue weighted by Gasteiger charge is -2.25. The quantitative estimate of drug-likeness (QED) is 0.767. The van der Waals surface area contributed by atoms with E-state index in [9.17, 15) is 9.59 Å². The van der Waals surface area contributed by atoms with E-state index >= 15 is 0 Å². The maximum absolute atomic E-state index is 11.7. The van der Waals surface area contributed by atoms with Crippen LogP contribution in [0.3, 0.4) is 0 Å². The number of hydrogen-bond acceptors (Lipinski definition) is 3. The van der Waals surface area contributed by atoms with E-state index in [2.05, 4.69) is 5.32 Å². The Hall–Kier alpha value is -1.26. The van der Waals surface area contributed by atoms with Gasteiger partial charge in [0.25, 0.3) is 0 Å². The fraction of sp³-hybridized carbons (Fsp3) is 0.833. The largest absolute Gasteiger partial charge is 0.458 e. The van der Waals surface area contributed by atoms with Gasteiger partial charge in [0, 0.05) is 13.1 Å². The molecule has 0 aromatic rings. The van der Waals surface area contributed by atoms with Crippen molar-refractivity contribution in [3.05, 3.63) is 0 Å². The highest BCUT2D eigenvalue weighted by Crippen LogP contribution is 2.08. The Labute approximate surface area is 103 Å². The van der Waals surface area contributed by atoms with Crippen molar-refractivity contribution >= 4 is 12.0 Å². The SMILES string of the molecule is CCN(CC)C(=O)N[C@H](C)C(=O)OC(C)(C)C. The fourth-order valence-corrected chi connectivity index (χ4v) is 1.24. The van der Waals surface area contributed by atoms with E-state index in [0.717, 1.165) is 0 Å². The van der Waals surface area contributed by atoms with Crippen LogP contribution in [0.25, 0.3) is 0 Å². The van der Waals surface area contributed by atoms with Crippen molar-refractivity contribution < 1.29 is 14.3 Å². The minimum atomic E-state index is -0.637. The van der Waals surface area contributed by atoms with Crippen molar-refractivity contribution in [2.24, 2.45) is 0 Å². The molecule has 5 heteroatoms. The Morgan fingerprint density at radius 2 is 1.71 bits per heavy atom. The van der Waals surface area contributed by atoms with Crippen LogP contribution in [-0.4, -0.2) is 41.6 Å². The van der Waals surface area contributed by atoms with Gasteiger partial charge in [-0.1, -0.05) is 0 Å². The van der Waals surface area contributed by atoms with Crippen molar-refractivity contribution in [3.8, 4) is 0 Å². The molecule has 0 unspecified atom stereocenters. The van der Waals surface area contributed by atoms with Crippen LogP contribution in [0.5, 0.6) is 0 Å². The summed E-state index contributed by atoms with van der Waals surface area (Å²) in [7, 11) is 0. The highest BCUT2D eigenvalue weighted by Gasteiger charge is 2.23. The van der Waals surface area contributed by atoms with Gasteiger partial charge in [0.15, 0.2) is 0 Å². The lowest BCUT2D eigenvalue weighted by atomic mass is 10.2. The highest BCUT2D eigenvalue weighted by molar-refractivity contribution is 5.83. The molecule has 0 rings (SSSR count). The summed E-state index contributed by atoms with van der Waals surface area (Å²) in [5.74, 6) is -0.419. The molecule has 0 aliphatic rings. The Morgan fingerprint density at radius 1 is 1.24 bits per heavy atom. The van der Waals surface area contributed by atoms with Crippen molar-refractivity contribution in [2.75, 3.05) is 13.1 Å². The number of rotatable bonds is 4. The molecule has 0 spiro atoms. The average molecular weight is 244 g/mol. The predicted octanol–water partition coefficient (Wildman–Crippen LogP) is 1.77. The maximum Gasteiger partial charge on any atom is 0.328 e. The summed E-state index contributed by atoms with van der Waals surface area (Å²) in [6.45, 7) is 12.0. The monoisotopic (exact) mass is 244 g/mol. The number of esters is 1.